The number of ether oxygens (including phenoxy) is 1. The minimum absolute atomic E-state index is 0.0842. The van der Waals surface area contributed by atoms with Gasteiger partial charge in [-0.2, -0.15) is 4.31 Å². The minimum Gasteiger partial charge on any atom is -0.483 e. The van der Waals surface area contributed by atoms with Crippen LogP contribution in [-0.4, -0.2) is 37.5 Å². The molecule has 0 radical (unpaired) electrons. The fourth-order valence-electron chi connectivity index (χ4n) is 3.39. The van der Waals surface area contributed by atoms with Crippen LogP contribution < -0.4 is 10.1 Å². The van der Waals surface area contributed by atoms with Crippen LogP contribution in [0.25, 0.3) is 0 Å². The Labute approximate surface area is 166 Å². The molecule has 1 aliphatic rings. The standard InChI is InChI=1S/C21H26N2O4S/c1-4-28(25,26)23-11-10-17-8-9-19(12-18(17)13-23)22-20(24)14-27-21-15(2)6-5-7-16(21)3/h5-9,12H,4,10-11,13-14H2,1-3H3,(H,22,24). The zero-order valence-electron chi connectivity index (χ0n) is 16.5. The number of nitrogens with one attached hydrogen (secondary N) is 1. The van der Waals surface area contributed by atoms with E-state index in [1.807, 2.05) is 50.2 Å². The molecule has 0 unspecified atom stereocenters. The quantitative estimate of drug-likeness (QED) is 0.806. The molecule has 0 atom stereocenters. The second kappa shape index (κ2) is 8.32. The van der Waals surface area contributed by atoms with Crippen molar-refractivity contribution in [2.75, 3.05) is 24.2 Å². The molecule has 150 valence electrons. The average Bonchev–Trinajstić information content (AvgIpc) is 2.67. The van der Waals surface area contributed by atoms with Gasteiger partial charge in [0, 0.05) is 18.8 Å². The van der Waals surface area contributed by atoms with E-state index in [9.17, 15) is 13.2 Å². The van der Waals surface area contributed by atoms with E-state index in [1.54, 1.807) is 6.92 Å². The first-order chi connectivity index (χ1) is 13.3. The summed E-state index contributed by atoms with van der Waals surface area (Å²) in [5.74, 6) is 0.564. The fourth-order valence-corrected chi connectivity index (χ4v) is 4.46. The normalized spacial score (nSPS) is 14.4. The van der Waals surface area contributed by atoms with Gasteiger partial charge in [-0.3, -0.25) is 4.79 Å². The zero-order chi connectivity index (χ0) is 20.3. The van der Waals surface area contributed by atoms with Gasteiger partial charge in [0.2, 0.25) is 10.0 Å². The number of benzene rings is 2. The molecule has 0 spiro atoms. The van der Waals surface area contributed by atoms with E-state index in [2.05, 4.69) is 5.32 Å². The summed E-state index contributed by atoms with van der Waals surface area (Å²) < 4.78 is 31.5. The molecule has 0 saturated heterocycles. The maximum atomic E-state index is 12.3. The molecular weight excluding hydrogens is 376 g/mol. The van der Waals surface area contributed by atoms with Crippen molar-refractivity contribution in [1.29, 1.82) is 0 Å². The number of nitrogens with zero attached hydrogens (tertiary/aromatic N) is 1. The van der Waals surface area contributed by atoms with E-state index < -0.39 is 10.0 Å². The van der Waals surface area contributed by atoms with Crippen molar-refractivity contribution < 1.29 is 17.9 Å². The molecule has 1 heterocycles. The van der Waals surface area contributed by atoms with Crippen LogP contribution in [0.15, 0.2) is 36.4 Å². The van der Waals surface area contributed by atoms with Crippen molar-refractivity contribution in [2.24, 2.45) is 0 Å². The van der Waals surface area contributed by atoms with Crippen molar-refractivity contribution in [2.45, 2.75) is 33.7 Å². The summed E-state index contributed by atoms with van der Waals surface area (Å²) in [7, 11) is -3.22. The molecule has 6 nitrogen and oxygen atoms in total. The number of hydrogen-bond acceptors (Lipinski definition) is 4. The third-order valence-corrected chi connectivity index (χ3v) is 6.81. The molecule has 0 saturated carbocycles. The number of hydrogen-bond donors (Lipinski definition) is 1. The minimum atomic E-state index is -3.22. The number of anilines is 1. The Morgan fingerprint density at radius 3 is 2.54 bits per heavy atom. The maximum Gasteiger partial charge on any atom is 0.262 e. The Bertz CT molecular complexity index is 966. The van der Waals surface area contributed by atoms with Crippen molar-refractivity contribution in [3.8, 4) is 5.75 Å². The number of amides is 1. The number of sulfonamides is 1. The molecule has 28 heavy (non-hydrogen) atoms. The Balaban J connectivity index is 1.65. The van der Waals surface area contributed by atoms with E-state index in [0.29, 0.717) is 25.2 Å². The number of para-hydroxylation sites is 1. The highest BCUT2D eigenvalue weighted by molar-refractivity contribution is 7.89. The molecule has 1 N–H and O–H groups in total. The molecule has 0 bridgehead atoms. The van der Waals surface area contributed by atoms with Gasteiger partial charge < -0.3 is 10.1 Å². The molecule has 2 aromatic carbocycles. The van der Waals surface area contributed by atoms with Gasteiger partial charge in [0.15, 0.2) is 6.61 Å². The zero-order valence-corrected chi connectivity index (χ0v) is 17.3. The van der Waals surface area contributed by atoms with Crippen LogP contribution in [0.5, 0.6) is 5.75 Å². The van der Waals surface area contributed by atoms with Gasteiger partial charge in [0.25, 0.3) is 5.91 Å². The van der Waals surface area contributed by atoms with Gasteiger partial charge in [-0.1, -0.05) is 24.3 Å². The third kappa shape index (κ3) is 4.54. The highest BCUT2D eigenvalue weighted by Gasteiger charge is 2.25. The largest absolute Gasteiger partial charge is 0.483 e. The third-order valence-electron chi connectivity index (χ3n) is 4.98. The van der Waals surface area contributed by atoms with Gasteiger partial charge >= 0.3 is 0 Å². The SMILES string of the molecule is CCS(=O)(=O)N1CCc2ccc(NC(=O)COc3c(C)cccc3C)cc2C1. The molecule has 3 rings (SSSR count). The molecule has 7 heteroatoms. The van der Waals surface area contributed by atoms with Crippen LogP contribution in [0.3, 0.4) is 0 Å². The number of rotatable bonds is 6. The maximum absolute atomic E-state index is 12.3. The molecule has 0 aliphatic carbocycles. The van der Waals surface area contributed by atoms with Gasteiger partial charge in [0.1, 0.15) is 5.75 Å². The van der Waals surface area contributed by atoms with Crippen LogP contribution in [0.2, 0.25) is 0 Å². The smallest absolute Gasteiger partial charge is 0.262 e. The average molecular weight is 403 g/mol. The van der Waals surface area contributed by atoms with E-state index in [0.717, 1.165) is 28.0 Å². The summed E-state index contributed by atoms with van der Waals surface area (Å²) in [5.41, 5.74) is 4.66. The predicted octanol–water partition coefficient (Wildman–Crippen LogP) is 3.03. The molecule has 0 fully saturated rings. The van der Waals surface area contributed by atoms with Crippen LogP contribution in [0.1, 0.15) is 29.2 Å². The Kier molecular flexibility index (Phi) is 6.05. The molecule has 0 aromatic heterocycles. The Hall–Kier alpha value is -2.38. The Morgan fingerprint density at radius 1 is 1.14 bits per heavy atom. The first kappa shape index (κ1) is 20.4. The monoisotopic (exact) mass is 402 g/mol. The number of aryl methyl sites for hydroxylation is 2. The van der Waals surface area contributed by atoms with Crippen LogP contribution in [0.4, 0.5) is 5.69 Å². The molecule has 2 aromatic rings. The summed E-state index contributed by atoms with van der Waals surface area (Å²) >= 11 is 0. The van der Waals surface area contributed by atoms with Crippen molar-refractivity contribution in [3.63, 3.8) is 0 Å². The van der Waals surface area contributed by atoms with E-state index in [1.165, 1.54) is 4.31 Å². The van der Waals surface area contributed by atoms with Crippen molar-refractivity contribution in [3.05, 3.63) is 58.7 Å². The second-order valence-corrected chi connectivity index (χ2v) is 9.28. The summed E-state index contributed by atoms with van der Waals surface area (Å²) in [4.78, 5) is 12.3. The van der Waals surface area contributed by atoms with Crippen LogP contribution in [-0.2, 0) is 27.8 Å². The lowest BCUT2D eigenvalue weighted by Crippen LogP contribution is -2.36. The Morgan fingerprint density at radius 2 is 1.86 bits per heavy atom. The lowest BCUT2D eigenvalue weighted by atomic mass is 10.0. The summed E-state index contributed by atoms with van der Waals surface area (Å²) in [6.45, 7) is 6.29. The summed E-state index contributed by atoms with van der Waals surface area (Å²) in [6, 6.07) is 11.5. The van der Waals surface area contributed by atoms with E-state index in [4.69, 9.17) is 4.74 Å². The fraction of sp³-hybridized carbons (Fsp3) is 0.381. The van der Waals surface area contributed by atoms with Crippen molar-refractivity contribution in [1.82, 2.24) is 4.31 Å². The molecule has 1 aliphatic heterocycles. The van der Waals surface area contributed by atoms with E-state index >= 15 is 0 Å². The first-order valence-electron chi connectivity index (χ1n) is 9.38. The summed E-state index contributed by atoms with van der Waals surface area (Å²) in [6.07, 6.45) is 0.679. The molecule has 1 amide bonds. The van der Waals surface area contributed by atoms with Crippen LogP contribution >= 0.6 is 0 Å². The second-order valence-electron chi connectivity index (χ2n) is 7.03. The van der Waals surface area contributed by atoms with Crippen LogP contribution in [0, 0.1) is 13.8 Å². The summed E-state index contributed by atoms with van der Waals surface area (Å²) in [5, 5.41) is 2.84. The predicted molar refractivity (Wildman–Crippen MR) is 110 cm³/mol. The highest BCUT2D eigenvalue weighted by Crippen LogP contribution is 2.25. The van der Waals surface area contributed by atoms with Gasteiger partial charge in [-0.25, -0.2) is 8.42 Å². The number of carbonyl (C=O) groups is 1. The number of fused-ring (bicyclic) bond motifs is 1. The topological polar surface area (TPSA) is 75.7 Å². The van der Waals surface area contributed by atoms with Gasteiger partial charge in [0.05, 0.1) is 5.75 Å². The van der Waals surface area contributed by atoms with Crippen molar-refractivity contribution >= 4 is 21.6 Å². The highest BCUT2D eigenvalue weighted by atomic mass is 32.2. The first-order valence-corrected chi connectivity index (χ1v) is 11.0. The molecular formula is C21H26N2O4S. The van der Waals surface area contributed by atoms with E-state index in [-0.39, 0.29) is 18.3 Å². The lowest BCUT2D eigenvalue weighted by Gasteiger charge is -2.28. The van der Waals surface area contributed by atoms with Gasteiger partial charge in [-0.15, -0.1) is 0 Å². The lowest BCUT2D eigenvalue weighted by molar-refractivity contribution is -0.118. The van der Waals surface area contributed by atoms with Gasteiger partial charge in [-0.05, 0) is 61.6 Å². The number of carbonyl (C=O) groups excluding carboxylic acids is 1.